The van der Waals surface area contributed by atoms with E-state index in [1.54, 1.807) is 22.8 Å². The molecule has 0 aliphatic carbocycles. The van der Waals surface area contributed by atoms with Crippen molar-refractivity contribution in [3.05, 3.63) is 69.6 Å². The van der Waals surface area contributed by atoms with Gasteiger partial charge in [-0.2, -0.15) is 0 Å². The fraction of sp³-hybridized carbons (Fsp3) is 0.375. The zero-order valence-corrected chi connectivity index (χ0v) is 18.3. The summed E-state index contributed by atoms with van der Waals surface area (Å²) >= 11 is 0. The highest BCUT2D eigenvalue weighted by atomic mass is 16.6. The van der Waals surface area contributed by atoms with Crippen LogP contribution in [0.25, 0.3) is 11.0 Å². The van der Waals surface area contributed by atoms with Crippen LogP contribution in [0.5, 0.6) is 5.75 Å². The molecule has 2 aromatic heterocycles. The predicted octanol–water partition coefficient (Wildman–Crippen LogP) is 3.75. The van der Waals surface area contributed by atoms with Crippen molar-refractivity contribution >= 4 is 17.1 Å². The number of benzene rings is 1. The molecule has 0 fully saturated rings. The summed E-state index contributed by atoms with van der Waals surface area (Å²) < 4.78 is 12.4. The van der Waals surface area contributed by atoms with Crippen molar-refractivity contribution in [2.75, 3.05) is 13.7 Å². The number of ether oxygens (including phenoxy) is 2. The molecule has 3 aromatic rings. The SMILES string of the molecule is COc1ccc(Cn2c(=O)c3c(c4cccnc42)CCN(C(=O)OC(C)(C)C)C3)cc1. The molecule has 1 aliphatic heterocycles. The summed E-state index contributed by atoms with van der Waals surface area (Å²) in [7, 11) is 1.62. The summed E-state index contributed by atoms with van der Waals surface area (Å²) in [5, 5.41) is 0.953. The van der Waals surface area contributed by atoms with E-state index >= 15 is 0 Å². The monoisotopic (exact) mass is 421 g/mol. The lowest BCUT2D eigenvalue weighted by atomic mass is 9.97. The average Bonchev–Trinajstić information content (AvgIpc) is 2.75. The number of amides is 1. The maximum atomic E-state index is 13.5. The standard InChI is InChI=1S/C24H27N3O4/c1-24(2,3)31-23(29)26-13-11-18-19-6-5-12-25-21(19)27(22(28)20(18)15-26)14-16-7-9-17(30-4)10-8-16/h5-10,12H,11,13-15H2,1-4H3. The molecule has 0 spiro atoms. The van der Waals surface area contributed by atoms with Crippen LogP contribution in [0.2, 0.25) is 0 Å². The summed E-state index contributed by atoms with van der Waals surface area (Å²) in [6, 6.07) is 11.5. The van der Waals surface area contributed by atoms with Crippen LogP contribution in [0.15, 0.2) is 47.4 Å². The van der Waals surface area contributed by atoms with Gasteiger partial charge in [-0.1, -0.05) is 12.1 Å². The first kappa shape index (κ1) is 20.9. The topological polar surface area (TPSA) is 73.7 Å². The Morgan fingerprint density at radius 1 is 1.13 bits per heavy atom. The van der Waals surface area contributed by atoms with Crippen LogP contribution in [0.4, 0.5) is 4.79 Å². The third-order valence-electron chi connectivity index (χ3n) is 5.37. The van der Waals surface area contributed by atoms with Crippen LogP contribution in [0.3, 0.4) is 0 Å². The molecule has 162 valence electrons. The van der Waals surface area contributed by atoms with E-state index in [2.05, 4.69) is 4.98 Å². The zero-order chi connectivity index (χ0) is 22.2. The van der Waals surface area contributed by atoms with Crippen molar-refractivity contribution in [3.63, 3.8) is 0 Å². The number of carbonyl (C=O) groups excluding carboxylic acids is 1. The summed E-state index contributed by atoms with van der Waals surface area (Å²) in [4.78, 5) is 32.3. The molecule has 4 rings (SSSR count). The van der Waals surface area contributed by atoms with E-state index in [-0.39, 0.29) is 12.1 Å². The smallest absolute Gasteiger partial charge is 0.410 e. The second-order valence-electron chi connectivity index (χ2n) is 8.72. The third kappa shape index (κ3) is 4.26. The van der Waals surface area contributed by atoms with Gasteiger partial charge in [0.15, 0.2) is 0 Å². The van der Waals surface area contributed by atoms with Crippen LogP contribution >= 0.6 is 0 Å². The molecule has 31 heavy (non-hydrogen) atoms. The van der Waals surface area contributed by atoms with Crippen LogP contribution < -0.4 is 10.3 Å². The molecule has 0 unspecified atom stereocenters. The largest absolute Gasteiger partial charge is 0.497 e. The van der Waals surface area contributed by atoms with Gasteiger partial charge in [0.1, 0.15) is 17.0 Å². The molecule has 1 aromatic carbocycles. The van der Waals surface area contributed by atoms with E-state index < -0.39 is 11.7 Å². The van der Waals surface area contributed by atoms with E-state index in [1.807, 2.05) is 57.2 Å². The van der Waals surface area contributed by atoms with Crippen molar-refractivity contribution in [1.82, 2.24) is 14.5 Å². The first-order chi connectivity index (χ1) is 14.8. The van der Waals surface area contributed by atoms with Gasteiger partial charge in [-0.25, -0.2) is 9.78 Å². The maximum Gasteiger partial charge on any atom is 0.410 e. The summed E-state index contributed by atoms with van der Waals surface area (Å²) in [5.41, 5.74) is 2.52. The Kier molecular flexibility index (Phi) is 5.43. The fourth-order valence-corrected chi connectivity index (χ4v) is 3.91. The lowest BCUT2D eigenvalue weighted by Crippen LogP contribution is -2.43. The van der Waals surface area contributed by atoms with Crippen molar-refractivity contribution < 1.29 is 14.3 Å². The van der Waals surface area contributed by atoms with E-state index in [9.17, 15) is 9.59 Å². The number of hydrogen-bond acceptors (Lipinski definition) is 5. The minimum absolute atomic E-state index is 0.120. The molecule has 0 saturated heterocycles. The summed E-state index contributed by atoms with van der Waals surface area (Å²) in [6.45, 7) is 6.64. The van der Waals surface area contributed by atoms with Gasteiger partial charge >= 0.3 is 6.09 Å². The molecule has 3 heterocycles. The van der Waals surface area contributed by atoms with Crippen molar-refractivity contribution in [1.29, 1.82) is 0 Å². The molecular weight excluding hydrogens is 394 g/mol. The molecule has 0 N–H and O–H groups in total. The highest BCUT2D eigenvalue weighted by Crippen LogP contribution is 2.26. The Hall–Kier alpha value is -3.35. The zero-order valence-electron chi connectivity index (χ0n) is 18.3. The Labute approximate surface area is 181 Å². The number of aromatic nitrogens is 2. The van der Waals surface area contributed by atoms with Gasteiger partial charge < -0.3 is 14.4 Å². The number of carbonyl (C=O) groups is 1. The van der Waals surface area contributed by atoms with Gasteiger partial charge in [-0.3, -0.25) is 9.36 Å². The molecule has 0 atom stereocenters. The second kappa shape index (κ2) is 8.06. The molecule has 1 aliphatic rings. The maximum absolute atomic E-state index is 13.5. The number of rotatable bonds is 3. The third-order valence-corrected chi connectivity index (χ3v) is 5.37. The van der Waals surface area contributed by atoms with Gasteiger partial charge in [0.05, 0.1) is 20.2 Å². The fourth-order valence-electron chi connectivity index (χ4n) is 3.91. The molecule has 7 nitrogen and oxygen atoms in total. The van der Waals surface area contributed by atoms with Crippen LogP contribution in [-0.2, 0) is 24.2 Å². The Balaban J connectivity index is 1.75. The molecular formula is C24H27N3O4. The van der Waals surface area contributed by atoms with Crippen molar-refractivity contribution in [2.45, 2.75) is 45.9 Å². The minimum Gasteiger partial charge on any atom is -0.497 e. The van der Waals surface area contributed by atoms with E-state index in [0.29, 0.717) is 30.7 Å². The van der Waals surface area contributed by atoms with E-state index in [4.69, 9.17) is 9.47 Å². The number of nitrogens with zero attached hydrogens (tertiary/aromatic N) is 3. The molecule has 1 amide bonds. The molecule has 0 saturated carbocycles. The highest BCUT2D eigenvalue weighted by Gasteiger charge is 2.29. The first-order valence-corrected chi connectivity index (χ1v) is 10.4. The lowest BCUT2D eigenvalue weighted by Gasteiger charge is -2.31. The van der Waals surface area contributed by atoms with Crippen molar-refractivity contribution in [2.24, 2.45) is 0 Å². The lowest BCUT2D eigenvalue weighted by molar-refractivity contribution is 0.0223. The van der Waals surface area contributed by atoms with Gasteiger partial charge in [0, 0.05) is 23.7 Å². The number of methoxy groups -OCH3 is 1. The van der Waals surface area contributed by atoms with Gasteiger partial charge in [0.2, 0.25) is 0 Å². The molecule has 0 radical (unpaired) electrons. The molecule has 7 heteroatoms. The van der Waals surface area contributed by atoms with Crippen LogP contribution in [0, 0.1) is 0 Å². The van der Waals surface area contributed by atoms with Gasteiger partial charge in [0.25, 0.3) is 5.56 Å². The van der Waals surface area contributed by atoms with E-state index in [0.717, 1.165) is 22.3 Å². The summed E-state index contributed by atoms with van der Waals surface area (Å²) in [6.07, 6.45) is 1.90. The minimum atomic E-state index is -0.584. The predicted molar refractivity (Wildman–Crippen MR) is 118 cm³/mol. The van der Waals surface area contributed by atoms with Crippen LogP contribution in [0.1, 0.15) is 37.5 Å². The molecule has 0 bridgehead atoms. The quantitative estimate of drug-likeness (QED) is 0.644. The van der Waals surface area contributed by atoms with Gasteiger partial charge in [-0.15, -0.1) is 0 Å². The van der Waals surface area contributed by atoms with Gasteiger partial charge in [-0.05, 0) is 62.6 Å². The normalized spacial score (nSPS) is 13.7. The number of hydrogen-bond donors (Lipinski definition) is 0. The second-order valence-corrected chi connectivity index (χ2v) is 8.72. The first-order valence-electron chi connectivity index (χ1n) is 10.4. The highest BCUT2D eigenvalue weighted by molar-refractivity contribution is 5.81. The Morgan fingerprint density at radius 3 is 2.55 bits per heavy atom. The number of pyridine rings is 2. The van der Waals surface area contributed by atoms with Crippen LogP contribution in [-0.4, -0.2) is 39.8 Å². The average molecular weight is 421 g/mol. The Morgan fingerprint density at radius 2 is 1.87 bits per heavy atom. The Bertz CT molecular complexity index is 1180. The summed E-state index contributed by atoms with van der Waals surface area (Å²) in [5.74, 6) is 0.762. The van der Waals surface area contributed by atoms with Crippen molar-refractivity contribution in [3.8, 4) is 5.75 Å². The van der Waals surface area contributed by atoms with E-state index in [1.165, 1.54) is 0 Å². The number of fused-ring (bicyclic) bond motifs is 3.